The summed E-state index contributed by atoms with van der Waals surface area (Å²) in [5.41, 5.74) is 0.886. The van der Waals surface area contributed by atoms with E-state index in [-0.39, 0.29) is 5.82 Å². The summed E-state index contributed by atoms with van der Waals surface area (Å²) in [7, 11) is 1.57. The predicted molar refractivity (Wildman–Crippen MR) is 72.6 cm³/mol. The van der Waals surface area contributed by atoms with Crippen LogP contribution >= 0.6 is 0 Å². The van der Waals surface area contributed by atoms with Gasteiger partial charge < -0.3 is 10.1 Å². The number of nitrogens with one attached hydrogen (secondary N) is 1. The molecule has 0 radical (unpaired) electrons. The molecule has 0 heterocycles. The van der Waals surface area contributed by atoms with Crippen molar-refractivity contribution < 1.29 is 9.13 Å². The van der Waals surface area contributed by atoms with E-state index in [2.05, 4.69) is 12.2 Å². The number of hydrogen-bond acceptors (Lipinski definition) is 2. The molecular weight excluding hydrogens is 229 g/mol. The van der Waals surface area contributed by atoms with E-state index < -0.39 is 0 Å². The van der Waals surface area contributed by atoms with Crippen LogP contribution in [-0.4, -0.2) is 13.2 Å². The summed E-state index contributed by atoms with van der Waals surface area (Å²) in [5.74, 6) is 1.04. The standard InChI is InChI=1S/C15H22FNO/c1-11(12-6-4-3-5-7-12)17-14-9-8-13(16)10-15(14)18-2/h8-12,17H,3-7H2,1-2H3. The van der Waals surface area contributed by atoms with Gasteiger partial charge in [-0.15, -0.1) is 0 Å². The monoisotopic (exact) mass is 251 g/mol. The molecule has 2 nitrogen and oxygen atoms in total. The Balaban J connectivity index is 2.03. The summed E-state index contributed by atoms with van der Waals surface area (Å²) in [5, 5.41) is 3.47. The SMILES string of the molecule is COc1cc(F)ccc1NC(C)C1CCCCC1. The molecule has 100 valence electrons. The summed E-state index contributed by atoms with van der Waals surface area (Å²) in [6, 6.07) is 5.06. The van der Waals surface area contributed by atoms with Gasteiger partial charge in [0.05, 0.1) is 12.8 Å². The first-order valence-electron chi connectivity index (χ1n) is 6.81. The predicted octanol–water partition coefficient (Wildman–Crippen LogP) is 4.22. The lowest BCUT2D eigenvalue weighted by atomic mass is 9.84. The molecule has 0 spiro atoms. The van der Waals surface area contributed by atoms with Crippen molar-refractivity contribution in [2.75, 3.05) is 12.4 Å². The summed E-state index contributed by atoms with van der Waals surface area (Å²) in [4.78, 5) is 0. The molecule has 1 aromatic carbocycles. The van der Waals surface area contributed by atoms with Crippen LogP contribution in [0.15, 0.2) is 18.2 Å². The maximum Gasteiger partial charge on any atom is 0.144 e. The molecule has 1 saturated carbocycles. The molecule has 0 bridgehead atoms. The molecule has 1 atom stereocenters. The van der Waals surface area contributed by atoms with Crippen molar-refractivity contribution in [1.29, 1.82) is 0 Å². The van der Waals surface area contributed by atoms with Gasteiger partial charge in [0.25, 0.3) is 0 Å². The summed E-state index contributed by atoms with van der Waals surface area (Å²) < 4.78 is 18.3. The maximum absolute atomic E-state index is 13.1. The van der Waals surface area contributed by atoms with E-state index in [9.17, 15) is 4.39 Å². The third-order valence-corrected chi connectivity index (χ3v) is 3.90. The molecule has 0 amide bonds. The highest BCUT2D eigenvalue weighted by molar-refractivity contribution is 5.57. The van der Waals surface area contributed by atoms with Crippen LogP contribution in [0.25, 0.3) is 0 Å². The van der Waals surface area contributed by atoms with Gasteiger partial charge in [-0.05, 0) is 37.8 Å². The average Bonchev–Trinajstić information content (AvgIpc) is 2.41. The van der Waals surface area contributed by atoms with E-state index in [1.54, 1.807) is 13.2 Å². The summed E-state index contributed by atoms with van der Waals surface area (Å²) in [6.07, 6.45) is 6.60. The lowest BCUT2D eigenvalue weighted by molar-refractivity contribution is 0.327. The average molecular weight is 251 g/mol. The quantitative estimate of drug-likeness (QED) is 0.865. The van der Waals surface area contributed by atoms with E-state index in [4.69, 9.17) is 4.74 Å². The second-order valence-electron chi connectivity index (χ2n) is 5.18. The molecule has 0 saturated heterocycles. The number of hydrogen-bond donors (Lipinski definition) is 1. The Labute approximate surface area is 109 Å². The van der Waals surface area contributed by atoms with E-state index in [0.717, 1.165) is 5.69 Å². The van der Waals surface area contributed by atoms with Crippen molar-refractivity contribution >= 4 is 5.69 Å². The molecule has 3 heteroatoms. The number of benzene rings is 1. The molecule has 1 aromatic rings. The molecule has 0 aliphatic heterocycles. The molecule has 1 unspecified atom stereocenters. The van der Waals surface area contributed by atoms with Crippen LogP contribution in [0.2, 0.25) is 0 Å². The molecule has 2 rings (SSSR count). The number of ether oxygens (including phenoxy) is 1. The van der Waals surface area contributed by atoms with Gasteiger partial charge in [0.2, 0.25) is 0 Å². The lowest BCUT2D eigenvalue weighted by Gasteiger charge is -2.29. The zero-order valence-corrected chi connectivity index (χ0v) is 11.2. The van der Waals surface area contributed by atoms with Crippen LogP contribution < -0.4 is 10.1 Å². The Morgan fingerprint density at radius 1 is 1.28 bits per heavy atom. The van der Waals surface area contributed by atoms with E-state index >= 15 is 0 Å². The number of halogens is 1. The first-order valence-corrected chi connectivity index (χ1v) is 6.81. The first-order chi connectivity index (χ1) is 8.70. The van der Waals surface area contributed by atoms with Crippen molar-refractivity contribution in [2.45, 2.75) is 45.1 Å². The highest BCUT2D eigenvalue weighted by Gasteiger charge is 2.20. The number of methoxy groups -OCH3 is 1. The van der Waals surface area contributed by atoms with Gasteiger partial charge in [-0.3, -0.25) is 0 Å². The highest BCUT2D eigenvalue weighted by Crippen LogP contribution is 2.31. The first kappa shape index (κ1) is 13.2. The van der Waals surface area contributed by atoms with Crippen molar-refractivity contribution in [3.8, 4) is 5.75 Å². The van der Waals surface area contributed by atoms with Gasteiger partial charge in [0.1, 0.15) is 11.6 Å². The van der Waals surface area contributed by atoms with Crippen molar-refractivity contribution in [3.63, 3.8) is 0 Å². The zero-order valence-electron chi connectivity index (χ0n) is 11.2. The Kier molecular flexibility index (Phi) is 4.45. The molecule has 18 heavy (non-hydrogen) atoms. The van der Waals surface area contributed by atoms with Gasteiger partial charge in [-0.1, -0.05) is 19.3 Å². The fourth-order valence-corrected chi connectivity index (χ4v) is 2.78. The minimum Gasteiger partial charge on any atom is -0.494 e. The van der Waals surface area contributed by atoms with Gasteiger partial charge in [-0.2, -0.15) is 0 Å². The normalized spacial score (nSPS) is 18.4. The largest absolute Gasteiger partial charge is 0.494 e. The van der Waals surface area contributed by atoms with Crippen LogP contribution in [0.5, 0.6) is 5.75 Å². The fourth-order valence-electron chi connectivity index (χ4n) is 2.78. The lowest BCUT2D eigenvalue weighted by Crippen LogP contribution is -2.27. The molecule has 1 aliphatic carbocycles. The number of anilines is 1. The van der Waals surface area contributed by atoms with Crippen LogP contribution in [0.3, 0.4) is 0 Å². The minimum absolute atomic E-state index is 0.261. The molecule has 1 aliphatic rings. The number of rotatable bonds is 4. The fraction of sp³-hybridized carbons (Fsp3) is 0.600. The minimum atomic E-state index is -0.261. The van der Waals surface area contributed by atoms with Crippen LogP contribution in [-0.2, 0) is 0 Å². The van der Waals surface area contributed by atoms with E-state index in [1.807, 2.05) is 0 Å². The van der Waals surface area contributed by atoms with E-state index in [1.165, 1.54) is 44.2 Å². The topological polar surface area (TPSA) is 21.3 Å². The molecule has 1 N–H and O–H groups in total. The zero-order chi connectivity index (χ0) is 13.0. The molecular formula is C15H22FNO. The second-order valence-corrected chi connectivity index (χ2v) is 5.18. The Bertz CT molecular complexity index is 388. The van der Waals surface area contributed by atoms with Gasteiger partial charge in [0.15, 0.2) is 0 Å². The Hall–Kier alpha value is -1.25. The van der Waals surface area contributed by atoms with E-state index in [0.29, 0.717) is 17.7 Å². The second kappa shape index (κ2) is 6.07. The van der Waals surface area contributed by atoms with Crippen molar-refractivity contribution in [2.24, 2.45) is 5.92 Å². The van der Waals surface area contributed by atoms with Crippen LogP contribution in [0.4, 0.5) is 10.1 Å². The van der Waals surface area contributed by atoms with Crippen molar-refractivity contribution in [1.82, 2.24) is 0 Å². The highest BCUT2D eigenvalue weighted by atomic mass is 19.1. The molecule has 0 aromatic heterocycles. The van der Waals surface area contributed by atoms with Crippen LogP contribution in [0, 0.1) is 11.7 Å². The summed E-state index contributed by atoms with van der Waals surface area (Å²) >= 11 is 0. The smallest absolute Gasteiger partial charge is 0.144 e. The third kappa shape index (κ3) is 3.15. The maximum atomic E-state index is 13.1. The van der Waals surface area contributed by atoms with Gasteiger partial charge in [-0.25, -0.2) is 4.39 Å². The Morgan fingerprint density at radius 2 is 2.00 bits per heavy atom. The third-order valence-electron chi connectivity index (χ3n) is 3.90. The van der Waals surface area contributed by atoms with Gasteiger partial charge >= 0.3 is 0 Å². The molecule has 1 fully saturated rings. The summed E-state index contributed by atoms with van der Waals surface area (Å²) in [6.45, 7) is 2.21. The van der Waals surface area contributed by atoms with Gasteiger partial charge in [0, 0.05) is 12.1 Å². The van der Waals surface area contributed by atoms with Crippen LogP contribution in [0.1, 0.15) is 39.0 Å². The van der Waals surface area contributed by atoms with Crippen molar-refractivity contribution in [3.05, 3.63) is 24.0 Å². The Morgan fingerprint density at radius 3 is 2.67 bits per heavy atom.